The zero-order valence-electron chi connectivity index (χ0n) is 9.87. The predicted octanol–water partition coefficient (Wildman–Crippen LogP) is 3.26. The Balaban J connectivity index is 2.19. The molecule has 90 valence electrons. The van der Waals surface area contributed by atoms with Gasteiger partial charge in [-0.05, 0) is 36.8 Å². The van der Waals surface area contributed by atoms with Crippen LogP contribution in [0.15, 0.2) is 36.4 Å². The van der Waals surface area contributed by atoms with Gasteiger partial charge in [-0.2, -0.15) is 0 Å². The molecule has 18 heavy (non-hydrogen) atoms. The van der Waals surface area contributed by atoms with Crippen molar-refractivity contribution in [1.82, 2.24) is 9.97 Å². The second-order valence-electron chi connectivity index (χ2n) is 4.29. The molecule has 0 fully saturated rings. The van der Waals surface area contributed by atoms with E-state index in [4.69, 9.17) is 5.73 Å². The number of aromatic nitrogens is 2. The number of nitrogens with two attached hydrogens (primary N) is 1. The van der Waals surface area contributed by atoms with E-state index in [2.05, 4.69) is 9.97 Å². The van der Waals surface area contributed by atoms with Crippen molar-refractivity contribution in [2.24, 2.45) is 0 Å². The van der Waals surface area contributed by atoms with Crippen LogP contribution < -0.4 is 5.73 Å². The first-order valence-electron chi connectivity index (χ1n) is 5.66. The van der Waals surface area contributed by atoms with Gasteiger partial charge in [0.15, 0.2) is 0 Å². The molecule has 2 aromatic carbocycles. The number of anilines is 1. The number of hydrogen-bond acceptors (Lipinski definition) is 2. The van der Waals surface area contributed by atoms with E-state index >= 15 is 0 Å². The molecule has 0 amide bonds. The number of H-pyrrole nitrogens is 1. The maximum Gasteiger partial charge on any atom is 0.146 e. The standard InChI is InChI=1S/C14H12FN3/c1-8-3-2-4-12-13(8)18-14(17-12)9-5-6-11(16)10(15)7-9/h2-7H,16H2,1H3,(H,17,18). The van der Waals surface area contributed by atoms with Crippen LogP contribution in [0.5, 0.6) is 0 Å². The number of rotatable bonds is 1. The Labute approximate surface area is 103 Å². The van der Waals surface area contributed by atoms with Crippen molar-refractivity contribution in [1.29, 1.82) is 0 Å². The van der Waals surface area contributed by atoms with E-state index in [1.54, 1.807) is 12.1 Å². The number of halogens is 1. The van der Waals surface area contributed by atoms with Crippen molar-refractivity contribution in [2.75, 3.05) is 5.73 Å². The van der Waals surface area contributed by atoms with Crippen LogP contribution >= 0.6 is 0 Å². The van der Waals surface area contributed by atoms with Gasteiger partial charge in [-0.3, -0.25) is 0 Å². The lowest BCUT2D eigenvalue weighted by Crippen LogP contribution is -1.91. The van der Waals surface area contributed by atoms with Gasteiger partial charge in [0.05, 0.1) is 16.7 Å². The summed E-state index contributed by atoms with van der Waals surface area (Å²) < 4.78 is 13.4. The Morgan fingerprint density at radius 3 is 2.78 bits per heavy atom. The number of para-hydroxylation sites is 1. The fraction of sp³-hybridized carbons (Fsp3) is 0.0714. The summed E-state index contributed by atoms with van der Waals surface area (Å²) in [7, 11) is 0. The SMILES string of the molecule is Cc1cccc2[nH]c(-c3ccc(N)c(F)c3)nc12. The van der Waals surface area contributed by atoms with E-state index in [1.807, 2.05) is 25.1 Å². The minimum atomic E-state index is -0.426. The largest absolute Gasteiger partial charge is 0.396 e. The molecule has 0 saturated carbocycles. The molecule has 4 heteroatoms. The van der Waals surface area contributed by atoms with E-state index in [1.165, 1.54) is 6.07 Å². The van der Waals surface area contributed by atoms with E-state index < -0.39 is 5.82 Å². The molecular weight excluding hydrogens is 229 g/mol. The van der Waals surface area contributed by atoms with Crippen molar-refractivity contribution in [2.45, 2.75) is 6.92 Å². The number of aryl methyl sites for hydroxylation is 1. The van der Waals surface area contributed by atoms with Crippen LogP contribution in [0.4, 0.5) is 10.1 Å². The molecule has 0 unspecified atom stereocenters. The molecule has 3 nitrogen and oxygen atoms in total. The molecule has 0 radical (unpaired) electrons. The zero-order valence-corrected chi connectivity index (χ0v) is 9.87. The monoisotopic (exact) mass is 241 g/mol. The summed E-state index contributed by atoms with van der Waals surface area (Å²) >= 11 is 0. The lowest BCUT2D eigenvalue weighted by molar-refractivity contribution is 0.633. The van der Waals surface area contributed by atoms with Gasteiger partial charge in [0, 0.05) is 5.56 Å². The van der Waals surface area contributed by atoms with Crippen molar-refractivity contribution >= 4 is 16.7 Å². The first-order valence-corrected chi connectivity index (χ1v) is 5.66. The van der Waals surface area contributed by atoms with E-state index in [9.17, 15) is 4.39 Å². The molecular formula is C14H12FN3. The molecule has 3 aromatic rings. The lowest BCUT2D eigenvalue weighted by Gasteiger charge is -1.99. The van der Waals surface area contributed by atoms with Crippen molar-refractivity contribution < 1.29 is 4.39 Å². The van der Waals surface area contributed by atoms with Crippen LogP contribution in [0.2, 0.25) is 0 Å². The molecule has 0 saturated heterocycles. The summed E-state index contributed by atoms with van der Waals surface area (Å²) in [4.78, 5) is 7.67. The number of fused-ring (bicyclic) bond motifs is 1. The second kappa shape index (κ2) is 3.84. The molecule has 1 heterocycles. The maximum absolute atomic E-state index is 13.4. The van der Waals surface area contributed by atoms with Gasteiger partial charge in [-0.25, -0.2) is 9.37 Å². The average Bonchev–Trinajstić information content (AvgIpc) is 2.78. The highest BCUT2D eigenvalue weighted by Crippen LogP contribution is 2.24. The maximum atomic E-state index is 13.4. The third-order valence-corrected chi connectivity index (χ3v) is 2.99. The fourth-order valence-corrected chi connectivity index (χ4v) is 1.99. The summed E-state index contributed by atoms with van der Waals surface area (Å²) in [6.07, 6.45) is 0. The quantitative estimate of drug-likeness (QED) is 0.642. The van der Waals surface area contributed by atoms with Gasteiger partial charge in [0.2, 0.25) is 0 Å². The smallest absolute Gasteiger partial charge is 0.146 e. The molecule has 3 N–H and O–H groups in total. The molecule has 0 aliphatic heterocycles. The summed E-state index contributed by atoms with van der Waals surface area (Å²) in [5.41, 5.74) is 9.24. The van der Waals surface area contributed by atoms with Crippen LogP contribution in [0.3, 0.4) is 0 Å². The molecule has 0 spiro atoms. The third kappa shape index (κ3) is 1.62. The Morgan fingerprint density at radius 2 is 2.06 bits per heavy atom. The van der Waals surface area contributed by atoms with E-state index in [0.29, 0.717) is 11.4 Å². The molecule has 1 aromatic heterocycles. The molecule has 0 atom stereocenters. The third-order valence-electron chi connectivity index (χ3n) is 2.99. The summed E-state index contributed by atoms with van der Waals surface area (Å²) in [6.45, 7) is 2.00. The highest BCUT2D eigenvalue weighted by atomic mass is 19.1. The summed E-state index contributed by atoms with van der Waals surface area (Å²) in [5, 5.41) is 0. The van der Waals surface area contributed by atoms with Gasteiger partial charge in [-0.15, -0.1) is 0 Å². The first-order chi connectivity index (χ1) is 8.65. The topological polar surface area (TPSA) is 54.7 Å². The average molecular weight is 241 g/mol. The molecule has 0 bridgehead atoms. The molecule has 0 aliphatic carbocycles. The van der Waals surface area contributed by atoms with E-state index in [-0.39, 0.29) is 5.69 Å². The highest BCUT2D eigenvalue weighted by Gasteiger charge is 2.08. The predicted molar refractivity (Wildman–Crippen MR) is 70.6 cm³/mol. The normalized spacial score (nSPS) is 11.0. The summed E-state index contributed by atoms with van der Waals surface area (Å²) in [5.74, 6) is 0.225. The Morgan fingerprint density at radius 1 is 1.22 bits per heavy atom. The van der Waals surface area contributed by atoms with Gasteiger partial charge in [-0.1, -0.05) is 12.1 Å². The summed E-state index contributed by atoms with van der Waals surface area (Å²) in [6, 6.07) is 10.6. The number of hydrogen-bond donors (Lipinski definition) is 2. The number of benzene rings is 2. The fourth-order valence-electron chi connectivity index (χ4n) is 1.99. The minimum absolute atomic E-state index is 0.144. The molecule has 3 rings (SSSR count). The Bertz CT molecular complexity index is 731. The number of nitrogens with zero attached hydrogens (tertiary/aromatic N) is 1. The van der Waals surface area contributed by atoms with Crippen LogP contribution in [0.25, 0.3) is 22.4 Å². The van der Waals surface area contributed by atoms with Gasteiger partial charge < -0.3 is 10.7 Å². The lowest BCUT2D eigenvalue weighted by atomic mass is 10.2. The van der Waals surface area contributed by atoms with Crippen molar-refractivity contribution in [3.63, 3.8) is 0 Å². The van der Waals surface area contributed by atoms with Crippen LogP contribution in [0, 0.1) is 12.7 Å². The number of nitrogen functional groups attached to an aromatic ring is 1. The van der Waals surface area contributed by atoms with E-state index in [0.717, 1.165) is 16.6 Å². The Kier molecular flexibility index (Phi) is 2.30. The highest BCUT2D eigenvalue weighted by molar-refractivity contribution is 5.82. The number of imidazole rings is 1. The van der Waals surface area contributed by atoms with Crippen molar-refractivity contribution in [3.8, 4) is 11.4 Å². The van der Waals surface area contributed by atoms with Crippen LogP contribution in [-0.4, -0.2) is 9.97 Å². The van der Waals surface area contributed by atoms with Crippen LogP contribution in [0.1, 0.15) is 5.56 Å². The van der Waals surface area contributed by atoms with Gasteiger partial charge in [0.25, 0.3) is 0 Å². The molecule has 0 aliphatic rings. The zero-order chi connectivity index (χ0) is 12.7. The second-order valence-corrected chi connectivity index (χ2v) is 4.29. The van der Waals surface area contributed by atoms with Crippen LogP contribution in [-0.2, 0) is 0 Å². The minimum Gasteiger partial charge on any atom is -0.396 e. The Hall–Kier alpha value is -2.36. The van der Waals surface area contributed by atoms with Gasteiger partial charge in [0.1, 0.15) is 11.6 Å². The number of nitrogens with one attached hydrogen (secondary N) is 1. The number of aromatic amines is 1. The first kappa shape index (κ1) is 10.8. The van der Waals surface area contributed by atoms with Gasteiger partial charge >= 0.3 is 0 Å². The van der Waals surface area contributed by atoms with Crippen molar-refractivity contribution in [3.05, 3.63) is 47.8 Å².